The third-order valence-electron chi connectivity index (χ3n) is 3.39. The van der Waals surface area contributed by atoms with E-state index < -0.39 is 0 Å². The fourth-order valence-corrected chi connectivity index (χ4v) is 3.05. The molecule has 0 atom stereocenters. The fourth-order valence-electron chi connectivity index (χ4n) is 2.33. The number of nitrogens with zero attached hydrogens (tertiary/aromatic N) is 3. The molecule has 0 aliphatic carbocycles. The van der Waals surface area contributed by atoms with Gasteiger partial charge in [-0.3, -0.25) is 9.20 Å². The van der Waals surface area contributed by atoms with Crippen molar-refractivity contribution in [1.29, 1.82) is 0 Å². The summed E-state index contributed by atoms with van der Waals surface area (Å²) in [7, 11) is 0. The van der Waals surface area contributed by atoms with E-state index in [-0.39, 0.29) is 12.3 Å². The van der Waals surface area contributed by atoms with Gasteiger partial charge in [-0.2, -0.15) is 5.10 Å². The van der Waals surface area contributed by atoms with Crippen LogP contribution >= 0.6 is 11.3 Å². The minimum atomic E-state index is -0.153. The lowest BCUT2D eigenvalue weighted by atomic mass is 10.1. The number of benzene rings is 1. The molecule has 0 bridgehead atoms. The van der Waals surface area contributed by atoms with Crippen LogP contribution in [-0.2, 0) is 11.2 Å². The highest BCUT2D eigenvalue weighted by Crippen LogP contribution is 2.11. The molecule has 0 saturated heterocycles. The predicted octanol–water partition coefficient (Wildman–Crippen LogP) is 3.26. The Hall–Kier alpha value is -2.47. The van der Waals surface area contributed by atoms with Crippen molar-refractivity contribution < 1.29 is 4.79 Å². The van der Waals surface area contributed by atoms with Crippen LogP contribution in [-0.4, -0.2) is 21.0 Å². The molecule has 0 fully saturated rings. The Labute approximate surface area is 138 Å². The lowest BCUT2D eigenvalue weighted by Crippen LogP contribution is -2.22. The van der Waals surface area contributed by atoms with Crippen molar-refractivity contribution in [3.8, 4) is 0 Å². The Bertz CT molecular complexity index is 791. The summed E-state index contributed by atoms with van der Waals surface area (Å²) in [6.45, 7) is 2.10. The minimum Gasteiger partial charge on any atom is -0.297 e. The Morgan fingerprint density at radius 1 is 1.35 bits per heavy atom. The third kappa shape index (κ3) is 3.84. The van der Waals surface area contributed by atoms with Crippen LogP contribution in [0.25, 0.3) is 4.96 Å². The second kappa shape index (κ2) is 7.19. The van der Waals surface area contributed by atoms with Crippen LogP contribution in [0, 0.1) is 0 Å². The average Bonchev–Trinajstić information content (AvgIpc) is 3.13. The van der Waals surface area contributed by atoms with Crippen molar-refractivity contribution in [2.75, 3.05) is 0 Å². The van der Waals surface area contributed by atoms with Crippen molar-refractivity contribution in [2.45, 2.75) is 26.2 Å². The maximum Gasteiger partial charge on any atom is 0.246 e. The van der Waals surface area contributed by atoms with Crippen LogP contribution in [0.2, 0.25) is 0 Å². The van der Waals surface area contributed by atoms with Gasteiger partial charge < -0.3 is 0 Å². The van der Waals surface area contributed by atoms with Crippen molar-refractivity contribution >= 4 is 27.9 Å². The van der Waals surface area contributed by atoms with Crippen LogP contribution in [0.1, 0.15) is 31.0 Å². The summed E-state index contributed by atoms with van der Waals surface area (Å²) >= 11 is 1.55. The van der Waals surface area contributed by atoms with Gasteiger partial charge in [0.2, 0.25) is 5.91 Å². The van der Waals surface area contributed by atoms with E-state index in [1.165, 1.54) is 0 Å². The van der Waals surface area contributed by atoms with Crippen molar-refractivity contribution in [3.05, 3.63) is 59.4 Å². The van der Waals surface area contributed by atoms with E-state index in [0.717, 1.165) is 34.8 Å². The lowest BCUT2D eigenvalue weighted by Gasteiger charge is -2.06. The zero-order chi connectivity index (χ0) is 16.1. The molecule has 0 radical (unpaired) electrons. The Morgan fingerprint density at radius 2 is 2.17 bits per heavy atom. The number of nitrogens with one attached hydrogen (secondary N) is 1. The van der Waals surface area contributed by atoms with E-state index in [1.54, 1.807) is 11.3 Å². The van der Waals surface area contributed by atoms with E-state index in [0.29, 0.717) is 0 Å². The first-order valence-electron chi connectivity index (χ1n) is 7.58. The molecule has 118 valence electrons. The number of imidazole rings is 1. The molecule has 5 nitrogen and oxygen atoms in total. The van der Waals surface area contributed by atoms with Crippen molar-refractivity contribution in [1.82, 2.24) is 14.8 Å². The van der Waals surface area contributed by atoms with E-state index in [4.69, 9.17) is 0 Å². The first kappa shape index (κ1) is 15.4. The zero-order valence-corrected chi connectivity index (χ0v) is 13.7. The number of rotatable bonds is 6. The molecule has 2 aromatic heterocycles. The summed E-state index contributed by atoms with van der Waals surface area (Å²) < 4.78 is 1.92. The number of thiazole rings is 1. The molecule has 1 aromatic carbocycles. The van der Waals surface area contributed by atoms with Gasteiger partial charge in [-0.25, -0.2) is 10.4 Å². The zero-order valence-electron chi connectivity index (χ0n) is 12.9. The molecule has 3 rings (SSSR count). The predicted molar refractivity (Wildman–Crippen MR) is 92.8 cm³/mol. The SMILES string of the molecule is CCCC(=NNC(=O)Cc1cn2ccsc2n1)c1ccccc1. The number of carbonyl (C=O) groups is 1. The summed E-state index contributed by atoms with van der Waals surface area (Å²) in [6.07, 6.45) is 5.83. The minimum absolute atomic E-state index is 0.153. The monoisotopic (exact) mass is 326 g/mol. The van der Waals surface area contributed by atoms with Crippen LogP contribution in [0.15, 0.2) is 53.2 Å². The van der Waals surface area contributed by atoms with Gasteiger partial charge in [-0.05, 0) is 12.0 Å². The topological polar surface area (TPSA) is 58.8 Å². The van der Waals surface area contributed by atoms with E-state index in [2.05, 4.69) is 22.4 Å². The molecule has 1 N–H and O–H groups in total. The highest BCUT2D eigenvalue weighted by Gasteiger charge is 2.09. The number of fused-ring (bicyclic) bond motifs is 1. The quantitative estimate of drug-likeness (QED) is 0.558. The second-order valence-electron chi connectivity index (χ2n) is 5.21. The number of hydrazone groups is 1. The molecule has 23 heavy (non-hydrogen) atoms. The Kier molecular flexibility index (Phi) is 4.83. The molecule has 0 saturated carbocycles. The summed E-state index contributed by atoms with van der Waals surface area (Å²) in [5, 5.41) is 6.27. The number of amides is 1. The average molecular weight is 326 g/mol. The van der Waals surface area contributed by atoms with Crippen LogP contribution in [0.4, 0.5) is 0 Å². The van der Waals surface area contributed by atoms with Gasteiger partial charge in [-0.1, -0.05) is 43.7 Å². The Morgan fingerprint density at radius 3 is 2.91 bits per heavy atom. The molecule has 6 heteroatoms. The molecule has 0 aliphatic heterocycles. The largest absolute Gasteiger partial charge is 0.297 e. The Balaban J connectivity index is 1.66. The molecule has 0 aliphatic rings. The van der Waals surface area contributed by atoms with Gasteiger partial charge >= 0.3 is 0 Å². The van der Waals surface area contributed by atoms with E-state index >= 15 is 0 Å². The molecule has 0 spiro atoms. The highest BCUT2D eigenvalue weighted by atomic mass is 32.1. The maximum atomic E-state index is 12.1. The summed E-state index contributed by atoms with van der Waals surface area (Å²) in [5.41, 5.74) is 5.34. The van der Waals surface area contributed by atoms with E-state index in [9.17, 15) is 4.79 Å². The number of hydrogen-bond donors (Lipinski definition) is 1. The van der Waals surface area contributed by atoms with Gasteiger partial charge in [-0.15, -0.1) is 11.3 Å². The molecule has 3 aromatic rings. The summed E-state index contributed by atoms with van der Waals surface area (Å²) in [5.74, 6) is -0.153. The highest BCUT2D eigenvalue weighted by molar-refractivity contribution is 7.15. The van der Waals surface area contributed by atoms with Gasteiger partial charge in [0, 0.05) is 17.8 Å². The molecular weight excluding hydrogens is 308 g/mol. The number of hydrogen-bond acceptors (Lipinski definition) is 4. The smallest absolute Gasteiger partial charge is 0.246 e. The lowest BCUT2D eigenvalue weighted by molar-refractivity contribution is -0.120. The van der Waals surface area contributed by atoms with Crippen molar-refractivity contribution in [2.24, 2.45) is 5.10 Å². The number of carbonyl (C=O) groups excluding carboxylic acids is 1. The van der Waals surface area contributed by atoms with Gasteiger partial charge in [0.25, 0.3) is 0 Å². The maximum absolute atomic E-state index is 12.1. The first-order chi connectivity index (χ1) is 11.3. The number of aromatic nitrogens is 2. The normalized spacial score (nSPS) is 11.8. The van der Waals surface area contributed by atoms with Crippen LogP contribution in [0.3, 0.4) is 0 Å². The molecular formula is C17H18N4OS. The standard InChI is InChI=1S/C17H18N4OS/c1-2-6-15(13-7-4-3-5-8-13)19-20-16(22)11-14-12-21-9-10-23-17(21)18-14/h3-5,7-10,12H,2,6,11H2,1H3,(H,20,22). The first-order valence-corrected chi connectivity index (χ1v) is 8.46. The molecule has 1 amide bonds. The molecule has 0 unspecified atom stereocenters. The van der Waals surface area contributed by atoms with E-state index in [1.807, 2.05) is 52.5 Å². The van der Waals surface area contributed by atoms with Gasteiger partial charge in [0.15, 0.2) is 4.96 Å². The van der Waals surface area contributed by atoms with Gasteiger partial charge in [0.05, 0.1) is 17.8 Å². The van der Waals surface area contributed by atoms with Crippen LogP contribution < -0.4 is 5.43 Å². The fraction of sp³-hybridized carbons (Fsp3) is 0.235. The van der Waals surface area contributed by atoms with Crippen LogP contribution in [0.5, 0.6) is 0 Å². The third-order valence-corrected chi connectivity index (χ3v) is 4.16. The summed E-state index contributed by atoms with van der Waals surface area (Å²) in [4.78, 5) is 17.4. The van der Waals surface area contributed by atoms with Gasteiger partial charge in [0.1, 0.15) is 0 Å². The summed E-state index contributed by atoms with van der Waals surface area (Å²) in [6, 6.07) is 9.92. The second-order valence-corrected chi connectivity index (χ2v) is 6.08. The van der Waals surface area contributed by atoms with Crippen molar-refractivity contribution in [3.63, 3.8) is 0 Å². The molecule has 2 heterocycles.